The number of carbonyl (C=O) groups excluding carboxylic acids is 10. The highest BCUT2D eigenvalue weighted by Gasteiger charge is 2.44. The number of fused-ring (bicyclic) bond motifs is 6. The van der Waals surface area contributed by atoms with Gasteiger partial charge >= 0.3 is 11.9 Å². The smallest absolute Gasteiger partial charge is 0.329 e. The molecule has 2 aromatic heterocycles. The van der Waals surface area contributed by atoms with Gasteiger partial charge in [0.1, 0.15) is 72.9 Å². The van der Waals surface area contributed by atoms with Crippen LogP contribution in [0.2, 0.25) is 0 Å². The summed E-state index contributed by atoms with van der Waals surface area (Å²) in [6.07, 6.45) is 10.3. The number of hydrogen-bond acceptors (Lipinski definition) is 16. The minimum atomic E-state index is -1.64. The number of rotatable bonds is 6. The number of amides is 8. The summed E-state index contributed by atoms with van der Waals surface area (Å²) in [5, 5.41) is 10.4. The van der Waals surface area contributed by atoms with E-state index in [2.05, 4.69) is 41.2 Å². The fourth-order valence-electron chi connectivity index (χ4n) is 11.1. The normalized spacial score (nSPS) is 26.6. The zero-order chi connectivity index (χ0) is 57.4. The number of nitrogens with zero attached hydrogens (tertiary/aromatic N) is 8. The van der Waals surface area contributed by atoms with Gasteiger partial charge in [0.05, 0.1) is 34.5 Å². The van der Waals surface area contributed by atoms with Crippen LogP contribution in [0.3, 0.4) is 0 Å². The quantitative estimate of drug-likeness (QED) is 0.158. The van der Waals surface area contributed by atoms with E-state index in [1.807, 2.05) is 0 Å². The molecule has 24 heteroatoms. The highest BCUT2D eigenvalue weighted by atomic mass is 16.5. The average molecular weight is 1100 g/mol. The van der Waals surface area contributed by atoms with E-state index >= 15 is 9.59 Å². The van der Waals surface area contributed by atoms with E-state index in [9.17, 15) is 38.4 Å². The van der Waals surface area contributed by atoms with Crippen molar-refractivity contribution in [1.29, 1.82) is 0 Å². The van der Waals surface area contributed by atoms with Crippen LogP contribution in [-0.4, -0.2) is 188 Å². The summed E-state index contributed by atoms with van der Waals surface area (Å²) in [5.74, 6) is -9.16. The standard InChI is InChI=1S/C56H68N12O12/c1-31-51(73)65(3)43-25-15-16-26-44(54(76)68(6)46(34-19-9-10-20-34)55(77)79-29-41(49(71)59-31)63-47(69)39-27-57-35-21-11-13-23-37(35)61-39)66(4)52(74)32(2)60-50(72)42(64-48(70)40-28-58-36-22-12-14-24-38(36)62-40)30-80-56(78)45(67(5)53(43)75)33-17-7-8-18-33/h11-16,21-24,27-28,31-34,41-46H,7-10,17-20,25-26,29-30H2,1-6H3,(H,59,71)(H,60,72)(H,63,69)(H,64,70)/b16-15-/t31-,32-,41+,42+,43-,44-,45-,46-/m0/s1. The number of ether oxygens (including phenoxy) is 2. The van der Waals surface area contributed by atoms with Crippen molar-refractivity contribution >= 4 is 81.3 Å². The molecule has 24 nitrogen and oxygen atoms in total. The zero-order valence-electron chi connectivity index (χ0n) is 45.7. The first-order valence-electron chi connectivity index (χ1n) is 27.0. The van der Waals surface area contributed by atoms with Crippen LogP contribution in [0, 0.1) is 11.8 Å². The van der Waals surface area contributed by atoms with Crippen LogP contribution in [-0.2, 0) is 47.8 Å². The van der Waals surface area contributed by atoms with Crippen LogP contribution in [0.5, 0.6) is 0 Å². The number of carbonyl (C=O) groups is 10. The minimum Gasteiger partial charge on any atom is -0.461 e. The molecule has 0 spiro atoms. The van der Waals surface area contributed by atoms with Gasteiger partial charge in [-0.25, -0.2) is 19.6 Å². The summed E-state index contributed by atoms with van der Waals surface area (Å²) in [5.41, 5.74) is 1.46. The maximum absolute atomic E-state index is 15.1. The number of cyclic esters (lactones) is 2. The molecule has 80 heavy (non-hydrogen) atoms. The maximum atomic E-state index is 15.1. The highest BCUT2D eigenvalue weighted by molar-refractivity contribution is 6.01. The molecular weight excluding hydrogens is 1030 g/mol. The molecule has 4 aliphatic rings. The molecule has 0 radical (unpaired) electrons. The third-order valence-electron chi connectivity index (χ3n) is 15.6. The first-order chi connectivity index (χ1) is 38.3. The molecule has 4 aromatic rings. The summed E-state index contributed by atoms with van der Waals surface area (Å²) in [6, 6.07) is 2.43. The van der Waals surface area contributed by atoms with Crippen molar-refractivity contribution in [2.45, 2.75) is 126 Å². The van der Waals surface area contributed by atoms with Crippen LogP contribution < -0.4 is 21.3 Å². The second-order valence-corrected chi connectivity index (χ2v) is 21.0. The van der Waals surface area contributed by atoms with Gasteiger partial charge in [-0.15, -0.1) is 0 Å². The Morgan fingerprint density at radius 1 is 0.512 bits per heavy atom. The molecule has 2 fully saturated rings. The number of aromatic nitrogens is 4. The monoisotopic (exact) mass is 1100 g/mol. The van der Waals surface area contributed by atoms with Crippen LogP contribution in [0.1, 0.15) is 99.0 Å². The number of hydrogen-bond donors (Lipinski definition) is 4. The van der Waals surface area contributed by atoms with E-state index in [1.54, 1.807) is 60.7 Å². The molecular formula is C56H68N12O12. The molecule has 0 unspecified atom stereocenters. The van der Waals surface area contributed by atoms with Crippen molar-refractivity contribution in [3.8, 4) is 0 Å². The summed E-state index contributed by atoms with van der Waals surface area (Å²) in [7, 11) is 5.53. The summed E-state index contributed by atoms with van der Waals surface area (Å²) >= 11 is 0. The highest BCUT2D eigenvalue weighted by Crippen LogP contribution is 2.33. The lowest BCUT2D eigenvalue weighted by molar-refractivity contribution is -0.161. The maximum Gasteiger partial charge on any atom is 0.329 e. The Labute approximate surface area is 462 Å². The molecule has 2 aromatic carbocycles. The lowest BCUT2D eigenvalue weighted by Gasteiger charge is -2.37. The van der Waals surface area contributed by atoms with Gasteiger partial charge in [-0.05, 0) is 88.5 Å². The summed E-state index contributed by atoms with van der Waals surface area (Å²) in [6.45, 7) is 1.24. The molecule has 8 amide bonds. The fourth-order valence-corrected chi connectivity index (χ4v) is 11.1. The van der Waals surface area contributed by atoms with Gasteiger partial charge in [-0.2, -0.15) is 0 Å². The van der Waals surface area contributed by atoms with Gasteiger partial charge in [-0.3, -0.25) is 48.3 Å². The van der Waals surface area contributed by atoms with Gasteiger partial charge in [-0.1, -0.05) is 62.1 Å². The Bertz CT molecular complexity index is 2870. The van der Waals surface area contributed by atoms with Crippen LogP contribution in [0.15, 0.2) is 73.1 Å². The minimum absolute atomic E-state index is 0.165. The van der Waals surface area contributed by atoms with Gasteiger partial charge in [0.25, 0.3) is 11.8 Å². The third-order valence-corrected chi connectivity index (χ3v) is 15.6. The summed E-state index contributed by atoms with van der Waals surface area (Å²) < 4.78 is 11.8. The molecule has 424 valence electrons. The van der Waals surface area contributed by atoms with Gasteiger partial charge < -0.3 is 50.3 Å². The summed E-state index contributed by atoms with van der Waals surface area (Å²) in [4.78, 5) is 167. The Kier molecular flexibility index (Phi) is 18.4. The van der Waals surface area contributed by atoms with Crippen LogP contribution in [0.4, 0.5) is 0 Å². The molecule has 8 atom stereocenters. The zero-order valence-corrected chi connectivity index (χ0v) is 45.7. The first-order valence-corrected chi connectivity index (χ1v) is 27.0. The van der Waals surface area contributed by atoms with Crippen molar-refractivity contribution in [2.24, 2.45) is 11.8 Å². The molecule has 2 bridgehead atoms. The van der Waals surface area contributed by atoms with Crippen LogP contribution >= 0.6 is 0 Å². The Balaban J connectivity index is 1.17. The average Bonchev–Trinajstić information content (AvgIpc) is 4.20. The number of para-hydroxylation sites is 4. The lowest BCUT2D eigenvalue weighted by atomic mass is 9.95. The van der Waals surface area contributed by atoms with E-state index in [1.165, 1.54) is 64.2 Å². The Morgan fingerprint density at radius 3 is 1.23 bits per heavy atom. The van der Waals surface area contributed by atoms with Crippen molar-refractivity contribution in [1.82, 2.24) is 60.8 Å². The number of benzene rings is 2. The van der Waals surface area contributed by atoms with Gasteiger partial charge in [0, 0.05) is 28.2 Å². The second kappa shape index (κ2) is 25.6. The number of nitrogens with one attached hydrogen (secondary N) is 4. The second-order valence-electron chi connectivity index (χ2n) is 21.0. The van der Waals surface area contributed by atoms with Crippen LogP contribution in [0.25, 0.3) is 22.1 Å². The Morgan fingerprint density at radius 2 is 0.863 bits per heavy atom. The third kappa shape index (κ3) is 13.0. The molecule has 4 heterocycles. The topological polar surface area (TPSA) is 302 Å². The molecule has 0 saturated heterocycles. The molecule has 8 rings (SSSR count). The Hall–Kier alpha value is -8.44. The van der Waals surface area contributed by atoms with E-state index < -0.39 is 133 Å². The van der Waals surface area contributed by atoms with Gasteiger partial charge in [0.2, 0.25) is 35.4 Å². The largest absolute Gasteiger partial charge is 0.461 e. The molecule has 4 N–H and O–H groups in total. The van der Waals surface area contributed by atoms with Crippen molar-refractivity contribution in [2.75, 3.05) is 41.4 Å². The predicted octanol–water partition coefficient (Wildman–Crippen LogP) is 1.62. The predicted molar refractivity (Wildman–Crippen MR) is 287 cm³/mol. The molecule has 2 aliphatic carbocycles. The SMILES string of the molecule is C[C@@H]1NC(=O)[C@H](NC(=O)c2cnc3ccccc3n2)COC(=O)[C@H](C2CCCC2)N(C)C(=O)[C@@H]2C/C=C\C[C@@H](C(=O)N(C)[C@@H](C3CCCC3)C(=O)OC[C@@H](NC(=O)c3cnc4ccccc4n3)C(=O)N[C@@H](C)C(=O)N2C)N(C)C1=O. The lowest BCUT2D eigenvalue weighted by Crippen LogP contribution is -2.60. The fraction of sp³-hybridized carbons (Fsp3) is 0.500. The molecule has 2 saturated carbocycles. The van der Waals surface area contributed by atoms with Gasteiger partial charge in [0.15, 0.2) is 0 Å². The number of esters is 2. The van der Waals surface area contributed by atoms with E-state index in [4.69, 9.17) is 9.47 Å². The van der Waals surface area contributed by atoms with Crippen molar-refractivity contribution in [3.63, 3.8) is 0 Å². The van der Waals surface area contributed by atoms with E-state index in [0.29, 0.717) is 47.8 Å². The van der Waals surface area contributed by atoms with Crippen molar-refractivity contribution < 1.29 is 57.4 Å². The molecule has 2 aliphatic heterocycles. The first kappa shape index (κ1) is 57.7. The number of likely N-dealkylation sites (N-methyl/N-ethyl adjacent to an activating group) is 4. The van der Waals surface area contributed by atoms with Crippen molar-refractivity contribution in [3.05, 3.63) is 84.5 Å². The van der Waals surface area contributed by atoms with E-state index in [0.717, 1.165) is 35.5 Å². The van der Waals surface area contributed by atoms with E-state index in [-0.39, 0.29) is 24.2 Å².